The highest BCUT2D eigenvalue weighted by molar-refractivity contribution is 5.86. The van der Waals surface area contributed by atoms with Crippen molar-refractivity contribution in [2.24, 2.45) is 0 Å². The van der Waals surface area contributed by atoms with E-state index >= 15 is 0 Å². The lowest BCUT2D eigenvalue weighted by atomic mass is 9.96. The molecule has 21 heavy (non-hydrogen) atoms. The van der Waals surface area contributed by atoms with E-state index in [1.54, 1.807) is 31.2 Å². The summed E-state index contributed by atoms with van der Waals surface area (Å²) in [6.07, 6.45) is -2.92. The van der Waals surface area contributed by atoms with E-state index in [0.29, 0.717) is 16.3 Å². The highest BCUT2D eigenvalue weighted by Gasteiger charge is 2.24. The Morgan fingerprint density at radius 3 is 2.52 bits per heavy atom. The number of ether oxygens (including phenoxy) is 1. The van der Waals surface area contributed by atoms with E-state index in [1.165, 1.54) is 12.1 Å². The van der Waals surface area contributed by atoms with Crippen LogP contribution in [0.2, 0.25) is 0 Å². The summed E-state index contributed by atoms with van der Waals surface area (Å²) in [5, 5.41) is 21.0. The van der Waals surface area contributed by atoms with Crippen LogP contribution >= 0.6 is 0 Å². The average Bonchev–Trinajstić information content (AvgIpc) is 2.47. The predicted octanol–water partition coefficient (Wildman–Crippen LogP) is 2.33. The van der Waals surface area contributed by atoms with Gasteiger partial charge in [0.25, 0.3) is 0 Å². The van der Waals surface area contributed by atoms with Crippen molar-refractivity contribution >= 4 is 16.7 Å². The fraction of sp³-hybridized carbons (Fsp3) is 0.312. The van der Waals surface area contributed by atoms with Crippen molar-refractivity contribution in [2.45, 2.75) is 25.6 Å². The molecule has 0 saturated heterocycles. The molecule has 5 heteroatoms. The van der Waals surface area contributed by atoms with Crippen LogP contribution in [0.1, 0.15) is 25.0 Å². The van der Waals surface area contributed by atoms with E-state index in [0.717, 1.165) is 0 Å². The molecule has 0 aliphatic carbocycles. The summed E-state index contributed by atoms with van der Waals surface area (Å²) in [5.41, 5.74) is 0.379. The number of carbonyl (C=O) groups is 1. The molecule has 4 nitrogen and oxygen atoms in total. The summed E-state index contributed by atoms with van der Waals surface area (Å²) in [4.78, 5) is 11.4. The molecule has 0 aliphatic heterocycles. The zero-order valence-electron chi connectivity index (χ0n) is 11.6. The monoisotopic (exact) mass is 292 g/mol. The summed E-state index contributed by atoms with van der Waals surface area (Å²) in [6.45, 7) is 1.87. The zero-order valence-corrected chi connectivity index (χ0v) is 11.6. The second-order valence-corrected chi connectivity index (χ2v) is 4.70. The number of halogens is 1. The molecular weight excluding hydrogens is 275 g/mol. The van der Waals surface area contributed by atoms with E-state index < -0.39 is 24.0 Å². The van der Waals surface area contributed by atoms with Gasteiger partial charge < -0.3 is 14.9 Å². The fourth-order valence-electron chi connectivity index (χ4n) is 2.25. The van der Waals surface area contributed by atoms with Gasteiger partial charge >= 0.3 is 5.97 Å². The molecule has 0 saturated carbocycles. The van der Waals surface area contributed by atoms with Crippen LogP contribution < -0.4 is 0 Å². The molecule has 2 unspecified atom stereocenters. The summed E-state index contributed by atoms with van der Waals surface area (Å²) >= 11 is 0. The number of hydrogen-bond acceptors (Lipinski definition) is 4. The molecule has 2 aromatic rings. The maximum Gasteiger partial charge on any atom is 0.308 e. The Morgan fingerprint density at radius 2 is 1.86 bits per heavy atom. The highest BCUT2D eigenvalue weighted by atomic mass is 19.1. The van der Waals surface area contributed by atoms with Gasteiger partial charge in [-0.2, -0.15) is 0 Å². The molecule has 0 radical (unpaired) electrons. The quantitative estimate of drug-likeness (QED) is 0.830. The van der Waals surface area contributed by atoms with Crippen LogP contribution in [0.5, 0.6) is 0 Å². The number of rotatable bonds is 5. The van der Waals surface area contributed by atoms with Gasteiger partial charge in [-0.1, -0.05) is 30.3 Å². The lowest BCUT2D eigenvalue weighted by molar-refractivity contribution is -0.147. The van der Waals surface area contributed by atoms with Crippen molar-refractivity contribution in [3.63, 3.8) is 0 Å². The number of fused-ring (bicyclic) bond motifs is 1. The number of carbonyl (C=O) groups excluding carboxylic acids is 1. The average molecular weight is 292 g/mol. The molecule has 0 bridgehead atoms. The summed E-state index contributed by atoms with van der Waals surface area (Å²) in [6, 6.07) is 9.31. The third kappa shape index (κ3) is 3.37. The number of aliphatic hydroxyl groups is 2. The third-order valence-electron chi connectivity index (χ3n) is 3.27. The minimum Gasteiger partial charge on any atom is -0.466 e. The summed E-state index contributed by atoms with van der Waals surface area (Å²) in [7, 11) is 0. The predicted molar refractivity (Wildman–Crippen MR) is 76.1 cm³/mol. The first-order chi connectivity index (χ1) is 10.0. The largest absolute Gasteiger partial charge is 0.466 e. The van der Waals surface area contributed by atoms with Crippen molar-refractivity contribution in [3.8, 4) is 0 Å². The Labute approximate surface area is 121 Å². The highest BCUT2D eigenvalue weighted by Crippen LogP contribution is 2.29. The van der Waals surface area contributed by atoms with Gasteiger partial charge in [0.2, 0.25) is 0 Å². The summed E-state index contributed by atoms with van der Waals surface area (Å²) in [5.74, 6) is -0.989. The second kappa shape index (κ2) is 6.65. The first-order valence-corrected chi connectivity index (χ1v) is 6.73. The SMILES string of the molecule is CCOC(=O)CC(O)C(O)c1ccc(F)c2ccccc12. The van der Waals surface area contributed by atoms with Gasteiger partial charge in [0, 0.05) is 5.39 Å². The molecule has 0 aromatic heterocycles. The van der Waals surface area contributed by atoms with Crippen LogP contribution in [0.15, 0.2) is 36.4 Å². The zero-order chi connectivity index (χ0) is 15.4. The van der Waals surface area contributed by atoms with Crippen LogP contribution in [0.25, 0.3) is 10.8 Å². The third-order valence-corrected chi connectivity index (χ3v) is 3.27. The standard InChI is InChI=1S/C16H17FO4/c1-2-21-15(19)9-14(18)16(20)12-7-8-13(17)11-6-4-3-5-10(11)12/h3-8,14,16,18,20H,2,9H2,1H3. The molecule has 0 aliphatic rings. The first kappa shape index (κ1) is 15.4. The minimum atomic E-state index is -1.31. The van der Waals surface area contributed by atoms with Crippen LogP contribution in [0, 0.1) is 5.82 Å². The van der Waals surface area contributed by atoms with E-state index in [9.17, 15) is 19.4 Å². The van der Waals surface area contributed by atoms with Gasteiger partial charge in [-0.25, -0.2) is 4.39 Å². The molecule has 2 N–H and O–H groups in total. The van der Waals surface area contributed by atoms with Crippen LogP contribution in [-0.2, 0) is 9.53 Å². The van der Waals surface area contributed by atoms with E-state index in [1.807, 2.05) is 0 Å². The van der Waals surface area contributed by atoms with E-state index in [4.69, 9.17) is 4.74 Å². The van der Waals surface area contributed by atoms with Gasteiger partial charge in [-0.05, 0) is 23.9 Å². The van der Waals surface area contributed by atoms with E-state index in [2.05, 4.69) is 0 Å². The van der Waals surface area contributed by atoms with Gasteiger partial charge in [0.15, 0.2) is 0 Å². The Hall–Kier alpha value is -1.98. The molecule has 0 spiro atoms. The Bertz CT molecular complexity index is 641. The lowest BCUT2D eigenvalue weighted by Crippen LogP contribution is -2.23. The topological polar surface area (TPSA) is 66.8 Å². The molecular formula is C16H17FO4. The first-order valence-electron chi connectivity index (χ1n) is 6.73. The number of esters is 1. The maximum absolute atomic E-state index is 13.7. The second-order valence-electron chi connectivity index (χ2n) is 4.70. The molecule has 0 amide bonds. The van der Waals surface area contributed by atoms with Gasteiger partial charge in [0.1, 0.15) is 11.9 Å². The Kier molecular flexibility index (Phi) is 4.88. The van der Waals surface area contributed by atoms with Crippen molar-refractivity contribution < 1.29 is 24.1 Å². The molecule has 0 fully saturated rings. The van der Waals surface area contributed by atoms with Crippen LogP contribution in [0.4, 0.5) is 4.39 Å². The number of aliphatic hydroxyl groups excluding tert-OH is 2. The minimum absolute atomic E-state index is 0.209. The summed E-state index contributed by atoms with van der Waals surface area (Å²) < 4.78 is 18.5. The van der Waals surface area contributed by atoms with Crippen molar-refractivity contribution in [1.29, 1.82) is 0 Å². The molecule has 112 valence electrons. The molecule has 2 aromatic carbocycles. The maximum atomic E-state index is 13.7. The lowest BCUT2D eigenvalue weighted by Gasteiger charge is -2.19. The number of benzene rings is 2. The van der Waals surface area contributed by atoms with E-state index in [-0.39, 0.29) is 13.0 Å². The van der Waals surface area contributed by atoms with Crippen molar-refractivity contribution in [2.75, 3.05) is 6.61 Å². The number of hydrogen-bond donors (Lipinski definition) is 2. The molecule has 2 rings (SSSR count). The van der Waals surface area contributed by atoms with Gasteiger partial charge in [-0.15, -0.1) is 0 Å². The van der Waals surface area contributed by atoms with Gasteiger partial charge in [0.05, 0.1) is 19.1 Å². The smallest absolute Gasteiger partial charge is 0.308 e. The van der Waals surface area contributed by atoms with Crippen LogP contribution in [0.3, 0.4) is 0 Å². The fourth-order valence-corrected chi connectivity index (χ4v) is 2.25. The molecule has 2 atom stereocenters. The van der Waals surface area contributed by atoms with Crippen LogP contribution in [-0.4, -0.2) is 28.9 Å². The van der Waals surface area contributed by atoms with Crippen molar-refractivity contribution in [3.05, 3.63) is 47.8 Å². The normalized spacial score (nSPS) is 13.9. The van der Waals surface area contributed by atoms with Gasteiger partial charge in [-0.3, -0.25) is 4.79 Å². The Balaban J connectivity index is 2.29. The van der Waals surface area contributed by atoms with Crippen molar-refractivity contribution in [1.82, 2.24) is 0 Å². The Morgan fingerprint density at radius 1 is 1.19 bits per heavy atom. The molecule has 0 heterocycles.